The number of carbonyl (C=O) groups excluding carboxylic acids is 2. The lowest BCUT2D eigenvalue weighted by molar-refractivity contribution is -0.122. The zero-order valence-corrected chi connectivity index (χ0v) is 16.4. The monoisotopic (exact) mass is 403 g/mol. The van der Waals surface area contributed by atoms with Gasteiger partial charge in [-0.2, -0.15) is 0 Å². The molecule has 2 amide bonds. The highest BCUT2D eigenvalue weighted by Gasteiger charge is 2.35. The third-order valence-corrected chi connectivity index (χ3v) is 4.87. The molecule has 0 radical (unpaired) electrons. The van der Waals surface area contributed by atoms with E-state index in [2.05, 4.69) is 10.3 Å². The van der Waals surface area contributed by atoms with Gasteiger partial charge in [0, 0.05) is 24.8 Å². The fraction of sp³-hybridized carbons (Fsp3) is 0.174. The highest BCUT2D eigenvalue weighted by Crippen LogP contribution is 2.30. The molecule has 0 aliphatic carbocycles. The van der Waals surface area contributed by atoms with Crippen LogP contribution in [0.3, 0.4) is 0 Å². The fourth-order valence-corrected chi connectivity index (χ4v) is 3.30. The Hall–Kier alpha value is -3.87. The van der Waals surface area contributed by atoms with Crippen LogP contribution in [0.15, 0.2) is 72.9 Å². The minimum atomic E-state index is -0.468. The number of hydrogen-bond acceptors (Lipinski definition) is 5. The molecule has 1 aliphatic heterocycles. The van der Waals surface area contributed by atoms with Crippen LogP contribution in [0.4, 0.5) is 11.4 Å². The van der Waals surface area contributed by atoms with Crippen molar-refractivity contribution < 1.29 is 19.1 Å². The zero-order valence-electron chi connectivity index (χ0n) is 16.4. The quantitative estimate of drug-likeness (QED) is 0.676. The summed E-state index contributed by atoms with van der Waals surface area (Å²) in [7, 11) is 1.59. The first-order valence-electron chi connectivity index (χ1n) is 9.57. The number of aromatic nitrogens is 1. The van der Waals surface area contributed by atoms with Gasteiger partial charge in [0.2, 0.25) is 17.7 Å². The number of pyridine rings is 1. The number of ether oxygens (including phenoxy) is 2. The second kappa shape index (κ2) is 8.65. The van der Waals surface area contributed by atoms with Gasteiger partial charge in [-0.3, -0.25) is 9.59 Å². The molecule has 30 heavy (non-hydrogen) atoms. The summed E-state index contributed by atoms with van der Waals surface area (Å²) in [6, 6.07) is 19.9. The number of methoxy groups -OCH3 is 1. The molecular weight excluding hydrogens is 382 g/mol. The maximum absolute atomic E-state index is 12.8. The molecule has 0 spiro atoms. The Labute approximate surface area is 174 Å². The summed E-state index contributed by atoms with van der Waals surface area (Å²) in [5.74, 6) is 0.825. The van der Waals surface area contributed by atoms with Gasteiger partial charge in [-0.05, 0) is 48.5 Å². The van der Waals surface area contributed by atoms with Crippen LogP contribution in [0.1, 0.15) is 6.42 Å². The van der Waals surface area contributed by atoms with Gasteiger partial charge >= 0.3 is 0 Å². The van der Waals surface area contributed by atoms with Gasteiger partial charge in [0.05, 0.1) is 13.0 Å². The van der Waals surface area contributed by atoms with Crippen molar-refractivity contribution in [3.8, 4) is 17.4 Å². The third-order valence-electron chi connectivity index (χ3n) is 4.87. The summed E-state index contributed by atoms with van der Waals surface area (Å²) in [6.45, 7) is 0.312. The molecule has 1 saturated heterocycles. The summed E-state index contributed by atoms with van der Waals surface area (Å²) in [4.78, 5) is 31.2. The second-order valence-corrected chi connectivity index (χ2v) is 6.86. The number of carbonyl (C=O) groups is 2. The maximum Gasteiger partial charge on any atom is 0.243 e. The van der Waals surface area contributed by atoms with Gasteiger partial charge in [-0.1, -0.05) is 18.2 Å². The molecule has 2 heterocycles. The molecule has 1 atom stereocenters. The highest BCUT2D eigenvalue weighted by atomic mass is 16.5. The smallest absolute Gasteiger partial charge is 0.243 e. The van der Waals surface area contributed by atoms with E-state index in [4.69, 9.17) is 9.47 Å². The van der Waals surface area contributed by atoms with E-state index in [1.165, 1.54) is 0 Å². The number of rotatable bonds is 6. The summed E-state index contributed by atoms with van der Waals surface area (Å²) < 4.78 is 10.9. The number of hydrogen-bond donors (Lipinski definition) is 1. The van der Waals surface area contributed by atoms with E-state index in [-0.39, 0.29) is 18.2 Å². The van der Waals surface area contributed by atoms with Crippen molar-refractivity contribution in [2.24, 2.45) is 5.92 Å². The first kappa shape index (κ1) is 19.4. The standard InChI is InChI=1S/C23H21N3O4/c1-29-18-11-9-17(10-12-18)26-15-16(14-21(26)27)22(28)25-20-8-5-13-24-23(20)30-19-6-3-2-4-7-19/h2-13,16H,14-15H2,1H3,(H,25,28). The summed E-state index contributed by atoms with van der Waals surface area (Å²) in [5.41, 5.74) is 1.20. The van der Waals surface area contributed by atoms with Crippen molar-refractivity contribution in [2.75, 3.05) is 23.9 Å². The maximum atomic E-state index is 12.8. The fourth-order valence-electron chi connectivity index (χ4n) is 3.30. The molecule has 1 aromatic heterocycles. The number of para-hydroxylation sites is 1. The normalized spacial score (nSPS) is 15.7. The Balaban J connectivity index is 1.45. The largest absolute Gasteiger partial charge is 0.497 e. The van der Waals surface area contributed by atoms with Crippen molar-refractivity contribution in [3.63, 3.8) is 0 Å². The molecule has 3 aromatic rings. The Kier molecular flexibility index (Phi) is 5.61. The molecule has 1 unspecified atom stereocenters. The lowest BCUT2D eigenvalue weighted by Crippen LogP contribution is -2.28. The number of nitrogens with one attached hydrogen (secondary N) is 1. The van der Waals surface area contributed by atoms with Crippen molar-refractivity contribution in [3.05, 3.63) is 72.9 Å². The van der Waals surface area contributed by atoms with Crippen LogP contribution < -0.4 is 19.7 Å². The number of benzene rings is 2. The van der Waals surface area contributed by atoms with E-state index >= 15 is 0 Å². The van der Waals surface area contributed by atoms with E-state index in [0.29, 0.717) is 29.6 Å². The van der Waals surface area contributed by atoms with E-state index in [0.717, 1.165) is 5.69 Å². The van der Waals surface area contributed by atoms with Crippen molar-refractivity contribution in [2.45, 2.75) is 6.42 Å². The van der Waals surface area contributed by atoms with Gasteiger partial charge in [0.15, 0.2) is 0 Å². The van der Waals surface area contributed by atoms with E-state index in [1.54, 1.807) is 42.5 Å². The zero-order chi connectivity index (χ0) is 20.9. The Bertz CT molecular complexity index is 1040. The predicted molar refractivity (Wildman–Crippen MR) is 113 cm³/mol. The van der Waals surface area contributed by atoms with Gasteiger partial charge in [0.1, 0.15) is 17.2 Å². The first-order valence-corrected chi connectivity index (χ1v) is 9.57. The van der Waals surface area contributed by atoms with E-state index in [9.17, 15) is 9.59 Å². The molecule has 1 N–H and O–H groups in total. The molecule has 152 valence electrons. The lowest BCUT2D eigenvalue weighted by Gasteiger charge is -2.17. The first-order chi connectivity index (χ1) is 14.6. The van der Waals surface area contributed by atoms with Crippen LogP contribution in [0.25, 0.3) is 0 Å². The molecule has 7 heteroatoms. The topological polar surface area (TPSA) is 80.8 Å². The summed E-state index contributed by atoms with van der Waals surface area (Å²) >= 11 is 0. The van der Waals surface area contributed by atoms with E-state index in [1.807, 2.05) is 42.5 Å². The molecule has 0 bridgehead atoms. The van der Waals surface area contributed by atoms with Crippen molar-refractivity contribution in [1.29, 1.82) is 0 Å². The van der Waals surface area contributed by atoms with Gasteiger partial charge < -0.3 is 19.7 Å². The highest BCUT2D eigenvalue weighted by molar-refractivity contribution is 6.03. The van der Waals surface area contributed by atoms with Crippen LogP contribution in [-0.2, 0) is 9.59 Å². The molecule has 0 saturated carbocycles. The predicted octanol–water partition coefficient (Wildman–Crippen LogP) is 3.87. The Morgan fingerprint density at radius 2 is 1.80 bits per heavy atom. The Morgan fingerprint density at radius 3 is 2.53 bits per heavy atom. The van der Waals surface area contributed by atoms with Crippen LogP contribution in [0, 0.1) is 5.92 Å². The Morgan fingerprint density at radius 1 is 1.03 bits per heavy atom. The molecular formula is C23H21N3O4. The molecule has 4 rings (SSSR count). The van der Waals surface area contributed by atoms with E-state index < -0.39 is 5.92 Å². The van der Waals surface area contributed by atoms with Crippen LogP contribution in [-0.4, -0.2) is 30.5 Å². The average molecular weight is 403 g/mol. The minimum absolute atomic E-state index is 0.0905. The molecule has 1 aliphatic rings. The van der Waals surface area contributed by atoms with Gasteiger partial charge in [0.25, 0.3) is 0 Å². The number of nitrogens with zero attached hydrogens (tertiary/aromatic N) is 2. The molecule has 1 fully saturated rings. The van der Waals surface area contributed by atoms with Crippen molar-refractivity contribution in [1.82, 2.24) is 4.98 Å². The summed E-state index contributed by atoms with van der Waals surface area (Å²) in [6.07, 6.45) is 1.74. The van der Waals surface area contributed by atoms with Crippen LogP contribution in [0.2, 0.25) is 0 Å². The van der Waals surface area contributed by atoms with Crippen LogP contribution >= 0.6 is 0 Å². The minimum Gasteiger partial charge on any atom is -0.497 e. The van der Waals surface area contributed by atoms with Crippen molar-refractivity contribution >= 4 is 23.2 Å². The number of anilines is 2. The van der Waals surface area contributed by atoms with Gasteiger partial charge in [-0.15, -0.1) is 0 Å². The summed E-state index contributed by atoms with van der Waals surface area (Å²) in [5, 5.41) is 2.86. The lowest BCUT2D eigenvalue weighted by atomic mass is 10.1. The van der Waals surface area contributed by atoms with Crippen LogP contribution in [0.5, 0.6) is 17.4 Å². The second-order valence-electron chi connectivity index (χ2n) is 6.86. The molecule has 2 aromatic carbocycles. The average Bonchev–Trinajstić information content (AvgIpc) is 3.18. The third kappa shape index (κ3) is 4.25. The SMILES string of the molecule is COc1ccc(N2CC(C(=O)Nc3cccnc3Oc3ccccc3)CC2=O)cc1. The molecule has 7 nitrogen and oxygen atoms in total. The number of amides is 2. The van der Waals surface area contributed by atoms with Gasteiger partial charge in [-0.25, -0.2) is 4.98 Å².